The maximum absolute atomic E-state index is 5.67. The highest BCUT2D eigenvalue weighted by Gasteiger charge is 2.15. The fraction of sp³-hybridized carbons (Fsp3) is 0.833. The Kier molecular flexibility index (Phi) is 5.66. The maximum Gasteiger partial charge on any atom is 0.0575 e. The molecule has 0 spiro atoms. The summed E-state index contributed by atoms with van der Waals surface area (Å²) < 4.78 is 5.67. The number of rotatable bonds is 5. The summed E-state index contributed by atoms with van der Waals surface area (Å²) in [6, 6.07) is 0.463. The first kappa shape index (κ1) is 11.6. The number of nitrogens with one attached hydrogen (secondary N) is 1. The second kappa shape index (κ2) is 6.86. The summed E-state index contributed by atoms with van der Waals surface area (Å²) in [4.78, 5) is 0. The summed E-state index contributed by atoms with van der Waals surface area (Å²) in [5.41, 5.74) is 0. The zero-order valence-electron chi connectivity index (χ0n) is 9.09. The first-order valence-corrected chi connectivity index (χ1v) is 5.59. The minimum absolute atomic E-state index is 0.463. The lowest BCUT2D eigenvalue weighted by Crippen LogP contribution is -2.27. The van der Waals surface area contributed by atoms with Gasteiger partial charge < -0.3 is 10.1 Å². The molecule has 1 N–H and O–H groups in total. The molecule has 1 saturated heterocycles. The van der Waals surface area contributed by atoms with E-state index in [1.807, 2.05) is 7.05 Å². The van der Waals surface area contributed by atoms with Gasteiger partial charge in [0.25, 0.3) is 0 Å². The van der Waals surface area contributed by atoms with E-state index in [0.717, 1.165) is 25.9 Å². The van der Waals surface area contributed by atoms with Crippen LogP contribution in [0.3, 0.4) is 0 Å². The van der Waals surface area contributed by atoms with Crippen LogP contribution < -0.4 is 5.32 Å². The standard InChI is InChI=1S/C12H21NO/c1-3-6-11(13-2)8-9-12-7-4-5-10-14-12/h1,11-13H,4-10H2,2H3. The van der Waals surface area contributed by atoms with Gasteiger partial charge >= 0.3 is 0 Å². The van der Waals surface area contributed by atoms with Crippen LogP contribution in [-0.4, -0.2) is 25.8 Å². The van der Waals surface area contributed by atoms with E-state index in [0.29, 0.717) is 12.1 Å². The molecule has 0 aliphatic carbocycles. The van der Waals surface area contributed by atoms with Crippen molar-refractivity contribution in [3.63, 3.8) is 0 Å². The highest BCUT2D eigenvalue weighted by molar-refractivity contribution is 4.89. The van der Waals surface area contributed by atoms with Crippen LogP contribution in [0.25, 0.3) is 0 Å². The van der Waals surface area contributed by atoms with Crippen molar-refractivity contribution in [2.75, 3.05) is 13.7 Å². The number of hydrogen-bond acceptors (Lipinski definition) is 2. The molecular weight excluding hydrogens is 174 g/mol. The second-order valence-electron chi connectivity index (χ2n) is 3.96. The van der Waals surface area contributed by atoms with Gasteiger partial charge in [-0.05, 0) is 39.2 Å². The van der Waals surface area contributed by atoms with Gasteiger partial charge in [-0.15, -0.1) is 12.3 Å². The average molecular weight is 195 g/mol. The van der Waals surface area contributed by atoms with Gasteiger partial charge in [0.2, 0.25) is 0 Å². The van der Waals surface area contributed by atoms with E-state index in [1.165, 1.54) is 19.3 Å². The van der Waals surface area contributed by atoms with Crippen LogP contribution in [0.15, 0.2) is 0 Å². The van der Waals surface area contributed by atoms with Crippen LogP contribution in [0.1, 0.15) is 38.5 Å². The first-order valence-electron chi connectivity index (χ1n) is 5.59. The quantitative estimate of drug-likeness (QED) is 0.677. The third-order valence-corrected chi connectivity index (χ3v) is 2.88. The topological polar surface area (TPSA) is 21.3 Å². The Morgan fingerprint density at radius 2 is 2.43 bits per heavy atom. The molecule has 1 rings (SSSR count). The van der Waals surface area contributed by atoms with Crippen LogP contribution in [0, 0.1) is 12.3 Å². The molecule has 1 aliphatic rings. The van der Waals surface area contributed by atoms with Gasteiger partial charge in [-0.1, -0.05) is 0 Å². The predicted molar refractivity (Wildman–Crippen MR) is 59.1 cm³/mol. The zero-order chi connectivity index (χ0) is 10.2. The van der Waals surface area contributed by atoms with Crippen molar-refractivity contribution in [1.29, 1.82) is 0 Å². The summed E-state index contributed by atoms with van der Waals surface area (Å²) in [6.07, 6.45) is 12.7. The van der Waals surface area contributed by atoms with E-state index in [1.54, 1.807) is 0 Å². The lowest BCUT2D eigenvalue weighted by atomic mass is 10.0. The Morgan fingerprint density at radius 3 is 3.00 bits per heavy atom. The van der Waals surface area contributed by atoms with Crippen molar-refractivity contribution in [1.82, 2.24) is 5.32 Å². The second-order valence-corrected chi connectivity index (χ2v) is 3.96. The average Bonchev–Trinajstić information content (AvgIpc) is 2.25. The molecule has 80 valence electrons. The molecule has 2 nitrogen and oxygen atoms in total. The Balaban J connectivity index is 2.14. The van der Waals surface area contributed by atoms with Crippen LogP contribution in [0.2, 0.25) is 0 Å². The molecule has 14 heavy (non-hydrogen) atoms. The third-order valence-electron chi connectivity index (χ3n) is 2.88. The van der Waals surface area contributed by atoms with Crippen molar-refractivity contribution in [3.8, 4) is 12.3 Å². The maximum atomic E-state index is 5.67. The van der Waals surface area contributed by atoms with Gasteiger partial charge in [-0.3, -0.25) is 0 Å². The van der Waals surface area contributed by atoms with Crippen molar-refractivity contribution >= 4 is 0 Å². The molecule has 1 aliphatic heterocycles. The van der Waals surface area contributed by atoms with Crippen molar-refractivity contribution in [2.24, 2.45) is 0 Å². The van der Waals surface area contributed by atoms with Gasteiger partial charge in [0.05, 0.1) is 6.10 Å². The van der Waals surface area contributed by atoms with E-state index in [9.17, 15) is 0 Å². The Hall–Kier alpha value is -0.520. The molecule has 0 bridgehead atoms. The normalized spacial score (nSPS) is 24.1. The highest BCUT2D eigenvalue weighted by atomic mass is 16.5. The van der Waals surface area contributed by atoms with E-state index in [2.05, 4.69) is 11.2 Å². The fourth-order valence-electron chi connectivity index (χ4n) is 1.91. The van der Waals surface area contributed by atoms with E-state index >= 15 is 0 Å². The minimum atomic E-state index is 0.463. The molecule has 0 aromatic heterocycles. The predicted octanol–water partition coefficient (Wildman–Crippen LogP) is 1.95. The zero-order valence-corrected chi connectivity index (χ0v) is 9.09. The fourth-order valence-corrected chi connectivity index (χ4v) is 1.91. The van der Waals surface area contributed by atoms with Gasteiger partial charge in [0, 0.05) is 19.1 Å². The van der Waals surface area contributed by atoms with Crippen molar-refractivity contribution in [3.05, 3.63) is 0 Å². The molecule has 0 amide bonds. The third kappa shape index (κ3) is 4.13. The van der Waals surface area contributed by atoms with Gasteiger partial charge in [0.15, 0.2) is 0 Å². The van der Waals surface area contributed by atoms with Crippen LogP contribution in [0.4, 0.5) is 0 Å². The van der Waals surface area contributed by atoms with Gasteiger partial charge in [-0.25, -0.2) is 0 Å². The van der Waals surface area contributed by atoms with Crippen molar-refractivity contribution in [2.45, 2.75) is 50.7 Å². The molecule has 1 heterocycles. The van der Waals surface area contributed by atoms with Crippen LogP contribution >= 0.6 is 0 Å². The molecule has 0 radical (unpaired) electrons. The first-order chi connectivity index (χ1) is 6.86. The van der Waals surface area contributed by atoms with Crippen LogP contribution in [-0.2, 0) is 4.74 Å². The molecular formula is C12H21NO. The van der Waals surface area contributed by atoms with Gasteiger partial charge in [0.1, 0.15) is 0 Å². The SMILES string of the molecule is C#CCC(CCC1CCCCO1)NC. The molecule has 2 heteroatoms. The summed E-state index contributed by atoms with van der Waals surface area (Å²) in [5, 5.41) is 3.24. The number of hydrogen-bond donors (Lipinski definition) is 1. The summed E-state index contributed by atoms with van der Waals surface area (Å²) in [5.74, 6) is 2.70. The Labute approximate surface area is 87.4 Å². The van der Waals surface area contributed by atoms with E-state index < -0.39 is 0 Å². The van der Waals surface area contributed by atoms with Crippen LogP contribution in [0.5, 0.6) is 0 Å². The smallest absolute Gasteiger partial charge is 0.0575 e. The van der Waals surface area contributed by atoms with E-state index in [-0.39, 0.29) is 0 Å². The molecule has 0 saturated carbocycles. The Morgan fingerprint density at radius 1 is 1.57 bits per heavy atom. The minimum Gasteiger partial charge on any atom is -0.378 e. The largest absolute Gasteiger partial charge is 0.378 e. The molecule has 0 aromatic carbocycles. The molecule has 2 atom stereocenters. The highest BCUT2D eigenvalue weighted by Crippen LogP contribution is 2.18. The molecule has 2 unspecified atom stereocenters. The monoisotopic (exact) mass is 195 g/mol. The summed E-state index contributed by atoms with van der Waals surface area (Å²) in [6.45, 7) is 0.948. The van der Waals surface area contributed by atoms with Crippen molar-refractivity contribution < 1.29 is 4.74 Å². The summed E-state index contributed by atoms with van der Waals surface area (Å²) >= 11 is 0. The lowest BCUT2D eigenvalue weighted by molar-refractivity contribution is 0.00877. The molecule has 0 aromatic rings. The number of ether oxygens (including phenoxy) is 1. The van der Waals surface area contributed by atoms with Gasteiger partial charge in [-0.2, -0.15) is 0 Å². The summed E-state index contributed by atoms with van der Waals surface area (Å²) in [7, 11) is 1.98. The van der Waals surface area contributed by atoms with E-state index in [4.69, 9.17) is 11.2 Å². The molecule has 1 fully saturated rings. The lowest BCUT2D eigenvalue weighted by Gasteiger charge is -2.24. The Bertz CT molecular complexity index is 179. The number of terminal acetylenes is 1.